The Hall–Kier alpha value is -1.98. The van der Waals surface area contributed by atoms with Crippen LogP contribution in [0.4, 0.5) is 0 Å². The Morgan fingerprint density at radius 1 is 1.18 bits per heavy atom. The van der Waals surface area contributed by atoms with Crippen LogP contribution in [0, 0.1) is 6.92 Å². The van der Waals surface area contributed by atoms with Gasteiger partial charge in [-0.15, -0.1) is 0 Å². The molecular formula is C17H16BrN3O. The summed E-state index contributed by atoms with van der Waals surface area (Å²) in [7, 11) is 0. The van der Waals surface area contributed by atoms with Crippen LogP contribution in [-0.2, 0) is 6.42 Å². The molecule has 3 rings (SSSR count). The number of aromatic nitrogens is 2. The molecule has 2 aromatic carbocycles. The standard InChI is InChI=1S/C17H16BrN3O/c1-11-9-13(18)7-8-14(11)17-20-16(22-21-17)10-15(19)12-5-3-2-4-6-12/h2-9,15H,10,19H2,1H3. The molecule has 5 heteroatoms. The second-order valence-corrected chi connectivity index (χ2v) is 6.11. The Kier molecular flexibility index (Phi) is 4.36. The molecule has 2 N–H and O–H groups in total. The van der Waals surface area contributed by atoms with Gasteiger partial charge in [-0.05, 0) is 36.2 Å². The van der Waals surface area contributed by atoms with Crippen molar-refractivity contribution in [1.82, 2.24) is 10.1 Å². The van der Waals surface area contributed by atoms with Crippen LogP contribution < -0.4 is 5.73 Å². The second kappa shape index (κ2) is 6.42. The first-order valence-corrected chi connectivity index (χ1v) is 7.82. The first-order chi connectivity index (χ1) is 10.6. The van der Waals surface area contributed by atoms with E-state index in [-0.39, 0.29) is 6.04 Å². The normalized spacial score (nSPS) is 12.3. The number of nitrogens with two attached hydrogens (primary N) is 1. The summed E-state index contributed by atoms with van der Waals surface area (Å²) in [6, 6.07) is 15.7. The second-order valence-electron chi connectivity index (χ2n) is 5.19. The quantitative estimate of drug-likeness (QED) is 0.764. The number of hydrogen-bond acceptors (Lipinski definition) is 4. The van der Waals surface area contributed by atoms with Crippen molar-refractivity contribution in [3.05, 3.63) is 70.0 Å². The van der Waals surface area contributed by atoms with Gasteiger partial charge in [-0.1, -0.05) is 51.4 Å². The van der Waals surface area contributed by atoms with Gasteiger partial charge in [-0.3, -0.25) is 0 Å². The topological polar surface area (TPSA) is 64.9 Å². The first-order valence-electron chi connectivity index (χ1n) is 7.03. The van der Waals surface area contributed by atoms with E-state index in [1.54, 1.807) is 0 Å². The lowest BCUT2D eigenvalue weighted by Crippen LogP contribution is -2.13. The summed E-state index contributed by atoms with van der Waals surface area (Å²) >= 11 is 3.45. The van der Waals surface area contributed by atoms with Crippen molar-refractivity contribution in [2.75, 3.05) is 0 Å². The lowest BCUT2D eigenvalue weighted by molar-refractivity contribution is 0.370. The molecule has 0 bridgehead atoms. The molecule has 0 amide bonds. The highest BCUT2D eigenvalue weighted by Gasteiger charge is 2.14. The molecule has 0 spiro atoms. The van der Waals surface area contributed by atoms with E-state index < -0.39 is 0 Å². The van der Waals surface area contributed by atoms with Gasteiger partial charge in [0.1, 0.15) is 0 Å². The van der Waals surface area contributed by atoms with Crippen molar-refractivity contribution in [2.24, 2.45) is 5.73 Å². The highest BCUT2D eigenvalue weighted by molar-refractivity contribution is 9.10. The number of benzene rings is 2. The zero-order valence-electron chi connectivity index (χ0n) is 12.2. The van der Waals surface area contributed by atoms with Crippen LogP contribution >= 0.6 is 15.9 Å². The molecule has 0 radical (unpaired) electrons. The third-order valence-corrected chi connectivity index (χ3v) is 4.01. The van der Waals surface area contributed by atoms with Gasteiger partial charge in [0.15, 0.2) is 0 Å². The minimum Gasteiger partial charge on any atom is -0.339 e. The Bertz CT molecular complexity index is 771. The summed E-state index contributed by atoms with van der Waals surface area (Å²) < 4.78 is 6.37. The van der Waals surface area contributed by atoms with E-state index in [1.165, 1.54) is 0 Å². The van der Waals surface area contributed by atoms with E-state index in [0.29, 0.717) is 18.1 Å². The molecule has 1 atom stereocenters. The molecule has 0 fully saturated rings. The maximum absolute atomic E-state index is 6.19. The number of halogens is 1. The maximum Gasteiger partial charge on any atom is 0.228 e. The molecule has 112 valence electrons. The van der Waals surface area contributed by atoms with E-state index in [4.69, 9.17) is 10.3 Å². The van der Waals surface area contributed by atoms with Crippen molar-refractivity contribution in [3.8, 4) is 11.4 Å². The van der Waals surface area contributed by atoms with Gasteiger partial charge in [0.25, 0.3) is 0 Å². The van der Waals surface area contributed by atoms with E-state index in [2.05, 4.69) is 26.1 Å². The Morgan fingerprint density at radius 2 is 1.95 bits per heavy atom. The number of aryl methyl sites for hydroxylation is 1. The molecule has 0 saturated heterocycles. The van der Waals surface area contributed by atoms with Crippen molar-refractivity contribution in [1.29, 1.82) is 0 Å². The maximum atomic E-state index is 6.19. The molecular weight excluding hydrogens is 342 g/mol. The van der Waals surface area contributed by atoms with Crippen LogP contribution in [0.25, 0.3) is 11.4 Å². The van der Waals surface area contributed by atoms with Crippen LogP contribution in [-0.4, -0.2) is 10.1 Å². The van der Waals surface area contributed by atoms with Gasteiger partial charge in [0.2, 0.25) is 11.7 Å². The number of rotatable bonds is 4. The predicted octanol–water partition coefficient (Wildman–Crippen LogP) is 4.05. The monoisotopic (exact) mass is 357 g/mol. The molecule has 22 heavy (non-hydrogen) atoms. The average Bonchev–Trinajstić information content (AvgIpc) is 2.96. The summed E-state index contributed by atoms with van der Waals surface area (Å²) in [5.74, 6) is 1.15. The van der Waals surface area contributed by atoms with E-state index in [9.17, 15) is 0 Å². The van der Waals surface area contributed by atoms with Crippen molar-refractivity contribution in [3.63, 3.8) is 0 Å². The minimum absolute atomic E-state index is 0.152. The van der Waals surface area contributed by atoms with Gasteiger partial charge in [-0.25, -0.2) is 0 Å². The molecule has 0 aliphatic rings. The third kappa shape index (κ3) is 3.26. The van der Waals surface area contributed by atoms with Crippen molar-refractivity contribution < 1.29 is 4.52 Å². The fraction of sp³-hybridized carbons (Fsp3) is 0.176. The SMILES string of the molecule is Cc1cc(Br)ccc1-c1noc(CC(N)c2ccccc2)n1. The fourth-order valence-corrected chi connectivity index (χ4v) is 2.81. The van der Waals surface area contributed by atoms with Crippen molar-refractivity contribution in [2.45, 2.75) is 19.4 Å². The molecule has 1 unspecified atom stereocenters. The first kappa shape index (κ1) is 14.9. The fourth-order valence-electron chi connectivity index (χ4n) is 2.33. The number of nitrogens with zero attached hydrogens (tertiary/aromatic N) is 2. The van der Waals surface area contributed by atoms with Crippen LogP contribution in [0.1, 0.15) is 23.1 Å². The van der Waals surface area contributed by atoms with Gasteiger partial charge >= 0.3 is 0 Å². The lowest BCUT2D eigenvalue weighted by Gasteiger charge is -2.08. The largest absolute Gasteiger partial charge is 0.339 e. The van der Waals surface area contributed by atoms with Gasteiger partial charge in [-0.2, -0.15) is 4.98 Å². The van der Waals surface area contributed by atoms with E-state index in [0.717, 1.165) is 21.2 Å². The Balaban J connectivity index is 1.79. The molecule has 0 aliphatic heterocycles. The molecule has 1 aromatic heterocycles. The lowest BCUT2D eigenvalue weighted by atomic mass is 10.1. The highest BCUT2D eigenvalue weighted by Crippen LogP contribution is 2.24. The van der Waals surface area contributed by atoms with Gasteiger partial charge in [0, 0.05) is 22.5 Å². The van der Waals surface area contributed by atoms with Crippen LogP contribution in [0.15, 0.2) is 57.5 Å². The smallest absolute Gasteiger partial charge is 0.228 e. The predicted molar refractivity (Wildman–Crippen MR) is 89.2 cm³/mol. The van der Waals surface area contributed by atoms with Crippen molar-refractivity contribution >= 4 is 15.9 Å². The van der Waals surface area contributed by atoms with Crippen LogP contribution in [0.3, 0.4) is 0 Å². The van der Waals surface area contributed by atoms with Crippen LogP contribution in [0.2, 0.25) is 0 Å². The average molecular weight is 358 g/mol. The minimum atomic E-state index is -0.152. The zero-order valence-corrected chi connectivity index (χ0v) is 13.7. The highest BCUT2D eigenvalue weighted by atomic mass is 79.9. The van der Waals surface area contributed by atoms with Gasteiger partial charge in [0.05, 0.1) is 0 Å². The summed E-state index contributed by atoms with van der Waals surface area (Å²) in [4.78, 5) is 4.46. The molecule has 0 saturated carbocycles. The number of hydrogen-bond donors (Lipinski definition) is 1. The molecule has 1 heterocycles. The summed E-state index contributed by atoms with van der Waals surface area (Å²) in [5, 5.41) is 4.07. The molecule has 3 aromatic rings. The zero-order chi connectivity index (χ0) is 15.5. The van der Waals surface area contributed by atoms with E-state index in [1.807, 2.05) is 55.5 Å². The van der Waals surface area contributed by atoms with E-state index >= 15 is 0 Å². The summed E-state index contributed by atoms with van der Waals surface area (Å²) in [5.41, 5.74) is 9.30. The summed E-state index contributed by atoms with van der Waals surface area (Å²) in [6.45, 7) is 2.02. The summed E-state index contributed by atoms with van der Waals surface area (Å²) in [6.07, 6.45) is 0.520. The Labute approximate surface area is 137 Å². The third-order valence-electron chi connectivity index (χ3n) is 3.52. The van der Waals surface area contributed by atoms with Gasteiger partial charge < -0.3 is 10.3 Å². The molecule has 0 aliphatic carbocycles. The molecule has 4 nitrogen and oxygen atoms in total. The Morgan fingerprint density at radius 3 is 2.68 bits per heavy atom. The van der Waals surface area contributed by atoms with Crippen LogP contribution in [0.5, 0.6) is 0 Å².